The van der Waals surface area contributed by atoms with Crippen LogP contribution < -0.4 is 0 Å². The average Bonchev–Trinajstić information content (AvgIpc) is 2.81. The van der Waals surface area contributed by atoms with Gasteiger partial charge in [0, 0.05) is 10.7 Å². The lowest BCUT2D eigenvalue weighted by Gasteiger charge is -2.38. The van der Waals surface area contributed by atoms with Crippen molar-refractivity contribution >= 4 is 15.9 Å². The first-order valence-electron chi connectivity index (χ1n) is 6.09. The zero-order valence-electron chi connectivity index (χ0n) is 8.60. The summed E-state index contributed by atoms with van der Waals surface area (Å²) in [5, 5.41) is 21.6. The van der Waals surface area contributed by atoms with E-state index in [-0.39, 0.29) is 10.7 Å². The van der Waals surface area contributed by atoms with Gasteiger partial charge < -0.3 is 10.2 Å². The monoisotopic (exact) mass is 270 g/mol. The van der Waals surface area contributed by atoms with E-state index in [0.29, 0.717) is 29.6 Å². The topological polar surface area (TPSA) is 40.5 Å². The van der Waals surface area contributed by atoms with Crippen molar-refractivity contribution in [2.24, 2.45) is 41.4 Å². The fraction of sp³-hybridized carbons (Fsp3) is 1.00. The van der Waals surface area contributed by atoms with Crippen molar-refractivity contribution in [1.29, 1.82) is 0 Å². The van der Waals surface area contributed by atoms with Crippen LogP contribution in [0.1, 0.15) is 13.3 Å². The lowest BCUT2D eigenvalue weighted by atomic mass is 9.69. The lowest BCUT2D eigenvalue weighted by Crippen LogP contribution is -2.47. The van der Waals surface area contributed by atoms with Crippen LogP contribution >= 0.6 is 15.9 Å². The van der Waals surface area contributed by atoms with E-state index in [1.807, 2.05) is 6.92 Å². The van der Waals surface area contributed by atoms with Gasteiger partial charge in [0.05, 0.1) is 11.2 Å². The summed E-state index contributed by atoms with van der Waals surface area (Å²) >= 11 is 3.73. The molecule has 0 spiro atoms. The Morgan fingerprint density at radius 3 is 2.47 bits per heavy atom. The van der Waals surface area contributed by atoms with E-state index in [1.165, 1.54) is 6.42 Å². The molecule has 2 N–H and O–H groups in total. The average molecular weight is 271 g/mol. The normalized spacial score (nSPS) is 85.6. The van der Waals surface area contributed by atoms with Crippen LogP contribution in [-0.2, 0) is 0 Å². The van der Waals surface area contributed by atoms with Crippen LogP contribution in [0.3, 0.4) is 0 Å². The van der Waals surface area contributed by atoms with Crippen LogP contribution in [0, 0.1) is 41.4 Å². The summed E-state index contributed by atoms with van der Waals surface area (Å²) in [6.07, 6.45) is 1.28. The third-order valence-corrected chi connectivity index (χ3v) is 8.13. The molecule has 82 valence electrons. The minimum Gasteiger partial charge on any atom is -0.389 e. The zero-order chi connectivity index (χ0) is 10.3. The molecule has 6 aliphatic carbocycles. The molecule has 2 nitrogen and oxygen atoms in total. The van der Waals surface area contributed by atoms with E-state index in [2.05, 4.69) is 15.9 Å². The molecule has 0 unspecified atom stereocenters. The first kappa shape index (κ1) is 8.48. The maximum atomic E-state index is 10.9. The Morgan fingerprint density at radius 1 is 1.13 bits per heavy atom. The van der Waals surface area contributed by atoms with Crippen molar-refractivity contribution in [3.63, 3.8) is 0 Å². The number of hydrogen-bond donors (Lipinski definition) is 2. The van der Waals surface area contributed by atoms with Crippen molar-refractivity contribution in [3.8, 4) is 0 Å². The summed E-state index contributed by atoms with van der Waals surface area (Å²) in [7, 11) is 0. The molecule has 0 saturated heterocycles. The van der Waals surface area contributed by atoms with Gasteiger partial charge >= 0.3 is 0 Å². The van der Waals surface area contributed by atoms with E-state index in [4.69, 9.17) is 0 Å². The molecule has 6 bridgehead atoms. The minimum absolute atomic E-state index is 0.165. The summed E-state index contributed by atoms with van der Waals surface area (Å²) in [6.45, 7) is 1.98. The molecular weight excluding hydrogens is 256 g/mol. The maximum Gasteiger partial charge on any atom is 0.0867 e. The van der Waals surface area contributed by atoms with Gasteiger partial charge in [0.25, 0.3) is 0 Å². The first-order valence-corrected chi connectivity index (χ1v) is 7.01. The van der Waals surface area contributed by atoms with E-state index < -0.39 is 11.2 Å². The molecule has 6 saturated carbocycles. The molecule has 0 aliphatic heterocycles. The van der Waals surface area contributed by atoms with E-state index >= 15 is 0 Å². The van der Waals surface area contributed by atoms with E-state index in [0.717, 1.165) is 5.92 Å². The number of hydrogen-bond acceptors (Lipinski definition) is 2. The highest BCUT2D eigenvalue weighted by molar-refractivity contribution is 9.09. The molecular formula is C12H15BrO2. The van der Waals surface area contributed by atoms with Gasteiger partial charge in [-0.05, 0) is 48.9 Å². The molecule has 0 aromatic carbocycles. The number of aliphatic hydroxyl groups is 2. The lowest BCUT2D eigenvalue weighted by molar-refractivity contribution is -0.0700. The van der Waals surface area contributed by atoms with Crippen molar-refractivity contribution in [2.45, 2.75) is 29.4 Å². The maximum absolute atomic E-state index is 10.9. The van der Waals surface area contributed by atoms with Gasteiger partial charge in [-0.1, -0.05) is 15.9 Å². The van der Waals surface area contributed by atoms with Gasteiger partial charge in [0.1, 0.15) is 0 Å². The fourth-order valence-electron chi connectivity index (χ4n) is 7.06. The molecule has 6 rings (SSSR count). The highest BCUT2D eigenvalue weighted by atomic mass is 79.9. The molecule has 0 heterocycles. The number of alkyl halides is 1. The second-order valence-corrected chi connectivity index (χ2v) is 7.75. The van der Waals surface area contributed by atoms with Crippen molar-refractivity contribution in [3.05, 3.63) is 0 Å². The van der Waals surface area contributed by atoms with Crippen molar-refractivity contribution in [1.82, 2.24) is 0 Å². The second kappa shape index (κ2) is 1.85. The van der Waals surface area contributed by atoms with Gasteiger partial charge in [0.2, 0.25) is 0 Å². The summed E-state index contributed by atoms with van der Waals surface area (Å²) in [4.78, 5) is 0.263. The standard InChI is InChI=1S/C12H15BrO2/c1-11(14)7-3-2-4-6-5(3)9(11)12(15,8(4)7)10(6)13/h3-10,14-15H,2H2,1H3/t3-,4+,5-,6+,7+,8-,9+,10+,11-,12+/m1/s1. The van der Waals surface area contributed by atoms with Gasteiger partial charge in [-0.15, -0.1) is 0 Å². The Hall–Kier alpha value is 0.400. The highest BCUT2D eigenvalue weighted by Crippen LogP contribution is 2.87. The SMILES string of the molecule is C[C@@]1(O)[C@H]2[C@@H]3C[C@H]4[C@H]5[C@@H]3[C@@H]1[C@@](O)([C@H]42)[C@H]5Br. The van der Waals surface area contributed by atoms with Crippen molar-refractivity contribution in [2.75, 3.05) is 0 Å². The molecule has 3 heteroatoms. The second-order valence-electron chi connectivity index (χ2n) is 6.76. The third kappa shape index (κ3) is 0.502. The zero-order valence-corrected chi connectivity index (χ0v) is 10.2. The minimum atomic E-state index is -0.583. The molecule has 15 heavy (non-hydrogen) atoms. The molecule has 0 aromatic heterocycles. The largest absolute Gasteiger partial charge is 0.389 e. The molecule has 0 radical (unpaired) electrons. The van der Waals surface area contributed by atoms with Gasteiger partial charge in [0.15, 0.2) is 0 Å². The molecule has 10 atom stereocenters. The highest BCUT2D eigenvalue weighted by Gasteiger charge is 2.91. The number of halogens is 1. The van der Waals surface area contributed by atoms with Gasteiger partial charge in [-0.3, -0.25) is 0 Å². The summed E-state index contributed by atoms with van der Waals surface area (Å²) < 4.78 is 0. The van der Waals surface area contributed by atoms with Gasteiger partial charge in [-0.25, -0.2) is 0 Å². The van der Waals surface area contributed by atoms with Crippen LogP contribution in [0.25, 0.3) is 0 Å². The predicted octanol–water partition coefficient (Wildman–Crippen LogP) is 1.00. The molecule has 6 aliphatic rings. The Morgan fingerprint density at radius 2 is 1.80 bits per heavy atom. The summed E-state index contributed by atoms with van der Waals surface area (Å²) in [5.74, 6) is 3.70. The summed E-state index contributed by atoms with van der Waals surface area (Å²) in [6, 6.07) is 0. The first-order chi connectivity index (χ1) is 7.00. The number of rotatable bonds is 0. The van der Waals surface area contributed by atoms with Crippen LogP contribution in [0.2, 0.25) is 0 Å². The Balaban J connectivity index is 1.88. The van der Waals surface area contributed by atoms with E-state index in [1.54, 1.807) is 0 Å². The van der Waals surface area contributed by atoms with Crippen LogP contribution in [-0.4, -0.2) is 26.2 Å². The van der Waals surface area contributed by atoms with Gasteiger partial charge in [-0.2, -0.15) is 0 Å². The van der Waals surface area contributed by atoms with Crippen LogP contribution in [0.5, 0.6) is 0 Å². The molecule has 6 fully saturated rings. The van der Waals surface area contributed by atoms with Crippen LogP contribution in [0.4, 0.5) is 0 Å². The Kier molecular flexibility index (Phi) is 1.05. The van der Waals surface area contributed by atoms with Crippen molar-refractivity contribution < 1.29 is 10.2 Å². The van der Waals surface area contributed by atoms with Crippen LogP contribution in [0.15, 0.2) is 0 Å². The Bertz CT molecular complexity index is 393. The predicted molar refractivity (Wildman–Crippen MR) is 57.3 cm³/mol. The summed E-state index contributed by atoms with van der Waals surface area (Å²) in [5.41, 5.74) is -1.15. The fourth-order valence-corrected chi connectivity index (χ4v) is 8.39. The Labute approximate surface area is 97.2 Å². The molecule has 0 aromatic rings. The third-order valence-electron chi connectivity index (χ3n) is 6.79. The van der Waals surface area contributed by atoms with E-state index in [9.17, 15) is 10.2 Å². The smallest absolute Gasteiger partial charge is 0.0867 e. The quantitative estimate of drug-likeness (QED) is 0.645. The molecule has 0 amide bonds.